The lowest BCUT2D eigenvalue weighted by Gasteiger charge is -2.02. The molecule has 1 heteroatoms. The second-order valence-electron chi connectivity index (χ2n) is 4.93. The molecule has 0 bridgehead atoms. The van der Waals surface area contributed by atoms with Crippen LogP contribution >= 0.6 is 11.3 Å². The number of aryl methyl sites for hydroxylation is 1. The summed E-state index contributed by atoms with van der Waals surface area (Å²) in [6, 6.07) is 15.4. The second-order valence-corrected chi connectivity index (χ2v) is 5.98. The molecule has 0 amide bonds. The van der Waals surface area contributed by atoms with Gasteiger partial charge in [-0.25, -0.2) is 0 Å². The van der Waals surface area contributed by atoms with Gasteiger partial charge >= 0.3 is 0 Å². The van der Waals surface area contributed by atoms with Gasteiger partial charge in [-0.2, -0.15) is 0 Å². The highest BCUT2D eigenvalue weighted by Gasteiger charge is 2.07. The summed E-state index contributed by atoms with van der Waals surface area (Å²) in [5.74, 6) is 0. The molecule has 0 fully saturated rings. The topological polar surface area (TPSA) is 0 Å². The highest BCUT2D eigenvalue weighted by Crippen LogP contribution is 2.36. The molecule has 2 aromatic carbocycles. The van der Waals surface area contributed by atoms with Gasteiger partial charge in [0, 0.05) is 20.2 Å². The van der Waals surface area contributed by atoms with E-state index < -0.39 is 0 Å². The highest BCUT2D eigenvalue weighted by atomic mass is 32.1. The van der Waals surface area contributed by atoms with Gasteiger partial charge in [0.2, 0.25) is 0 Å². The summed E-state index contributed by atoms with van der Waals surface area (Å²) in [6.07, 6.45) is 6.81. The van der Waals surface area contributed by atoms with Gasteiger partial charge < -0.3 is 0 Å². The maximum Gasteiger partial charge on any atom is 0.0387 e. The third-order valence-electron chi connectivity index (χ3n) is 3.59. The molecule has 1 heterocycles. The first-order valence-corrected chi connectivity index (χ1v) is 7.72. The normalized spacial score (nSPS) is 11.2. The van der Waals surface area contributed by atoms with Crippen LogP contribution in [0.1, 0.15) is 24.8 Å². The van der Waals surface area contributed by atoms with Crippen LogP contribution in [0, 0.1) is 0 Å². The standard InChI is InChI=1S/C18H18S/c1-2-3-4-5-9-14-10-8-12-16-15-11-6-7-13-17(15)19-18(14)16/h2,6-8,10-13H,1,3-5,9H2. The van der Waals surface area contributed by atoms with E-state index in [1.54, 1.807) is 0 Å². The summed E-state index contributed by atoms with van der Waals surface area (Å²) < 4.78 is 2.87. The molecule has 96 valence electrons. The number of benzene rings is 2. The number of rotatable bonds is 5. The third-order valence-corrected chi connectivity index (χ3v) is 4.85. The van der Waals surface area contributed by atoms with Gasteiger partial charge in [0.15, 0.2) is 0 Å². The van der Waals surface area contributed by atoms with Crippen LogP contribution < -0.4 is 0 Å². The van der Waals surface area contributed by atoms with Crippen LogP contribution in [0.5, 0.6) is 0 Å². The van der Waals surface area contributed by atoms with Gasteiger partial charge in [-0.1, -0.05) is 42.5 Å². The largest absolute Gasteiger partial charge is 0.135 e. The Kier molecular flexibility index (Phi) is 3.65. The first kappa shape index (κ1) is 12.4. The summed E-state index contributed by atoms with van der Waals surface area (Å²) in [5.41, 5.74) is 1.50. The van der Waals surface area contributed by atoms with Crippen LogP contribution in [-0.2, 0) is 6.42 Å². The zero-order valence-corrected chi connectivity index (χ0v) is 11.9. The fourth-order valence-electron chi connectivity index (χ4n) is 2.61. The first-order chi connectivity index (χ1) is 9.40. The molecule has 0 aliphatic carbocycles. The van der Waals surface area contributed by atoms with Gasteiger partial charge in [0.25, 0.3) is 0 Å². The van der Waals surface area contributed by atoms with E-state index in [-0.39, 0.29) is 0 Å². The molecular weight excluding hydrogens is 248 g/mol. The molecule has 0 aliphatic rings. The lowest BCUT2D eigenvalue weighted by atomic mass is 10.0. The van der Waals surface area contributed by atoms with E-state index in [9.17, 15) is 0 Å². The number of thiophene rings is 1. The Hall–Kier alpha value is -1.60. The Labute approximate surface area is 118 Å². The molecule has 3 aromatic rings. The van der Waals surface area contributed by atoms with Crippen molar-refractivity contribution in [1.29, 1.82) is 0 Å². The molecule has 0 radical (unpaired) electrons. The van der Waals surface area contributed by atoms with Crippen molar-refractivity contribution in [2.24, 2.45) is 0 Å². The van der Waals surface area contributed by atoms with Crippen molar-refractivity contribution in [3.8, 4) is 0 Å². The second kappa shape index (κ2) is 5.58. The minimum Gasteiger partial charge on any atom is -0.135 e. The maximum atomic E-state index is 3.79. The molecule has 0 nitrogen and oxygen atoms in total. The number of hydrogen-bond donors (Lipinski definition) is 0. The SMILES string of the molecule is C=CCCCCc1cccc2c1sc1ccccc12. The summed E-state index contributed by atoms with van der Waals surface area (Å²) in [5, 5.41) is 2.82. The van der Waals surface area contributed by atoms with Crippen LogP contribution in [0.2, 0.25) is 0 Å². The van der Waals surface area contributed by atoms with Crippen molar-refractivity contribution < 1.29 is 0 Å². The Balaban J connectivity index is 1.98. The molecule has 0 unspecified atom stereocenters. The molecular formula is C18H18S. The molecule has 19 heavy (non-hydrogen) atoms. The van der Waals surface area contributed by atoms with Crippen molar-refractivity contribution in [2.75, 3.05) is 0 Å². The quantitative estimate of drug-likeness (QED) is 0.395. The van der Waals surface area contributed by atoms with Crippen molar-refractivity contribution in [1.82, 2.24) is 0 Å². The monoisotopic (exact) mass is 266 g/mol. The minimum absolute atomic E-state index is 1.13. The number of hydrogen-bond acceptors (Lipinski definition) is 1. The van der Waals surface area contributed by atoms with Crippen LogP contribution in [0.4, 0.5) is 0 Å². The minimum atomic E-state index is 1.13. The zero-order valence-electron chi connectivity index (χ0n) is 11.1. The molecule has 0 N–H and O–H groups in total. The smallest absolute Gasteiger partial charge is 0.0387 e. The van der Waals surface area contributed by atoms with Gasteiger partial charge in [0.05, 0.1) is 0 Å². The van der Waals surface area contributed by atoms with Crippen molar-refractivity contribution in [3.63, 3.8) is 0 Å². The van der Waals surface area contributed by atoms with E-state index in [4.69, 9.17) is 0 Å². The van der Waals surface area contributed by atoms with Crippen LogP contribution in [0.3, 0.4) is 0 Å². The van der Waals surface area contributed by atoms with Gasteiger partial charge in [-0.3, -0.25) is 0 Å². The first-order valence-electron chi connectivity index (χ1n) is 6.90. The third kappa shape index (κ3) is 2.43. The summed E-state index contributed by atoms with van der Waals surface area (Å²) in [4.78, 5) is 0. The van der Waals surface area contributed by atoms with Crippen molar-refractivity contribution >= 4 is 31.5 Å². The van der Waals surface area contributed by atoms with Gasteiger partial charge in [-0.15, -0.1) is 17.9 Å². The van der Waals surface area contributed by atoms with E-state index >= 15 is 0 Å². The number of unbranched alkanes of at least 4 members (excludes halogenated alkanes) is 2. The molecule has 0 spiro atoms. The van der Waals surface area contributed by atoms with Crippen LogP contribution in [-0.4, -0.2) is 0 Å². The molecule has 0 saturated carbocycles. The van der Waals surface area contributed by atoms with Crippen molar-refractivity contribution in [3.05, 3.63) is 60.7 Å². The molecule has 0 aliphatic heterocycles. The van der Waals surface area contributed by atoms with E-state index in [2.05, 4.69) is 49.0 Å². The van der Waals surface area contributed by atoms with E-state index in [0.717, 1.165) is 6.42 Å². The number of fused-ring (bicyclic) bond motifs is 3. The lowest BCUT2D eigenvalue weighted by Crippen LogP contribution is -1.85. The lowest BCUT2D eigenvalue weighted by molar-refractivity contribution is 0.751. The summed E-state index contributed by atoms with van der Waals surface area (Å²) in [6.45, 7) is 3.79. The number of allylic oxidation sites excluding steroid dienone is 1. The van der Waals surface area contributed by atoms with E-state index in [1.165, 1.54) is 45.0 Å². The molecule has 0 atom stereocenters. The molecule has 0 saturated heterocycles. The fourth-order valence-corrected chi connectivity index (χ4v) is 3.85. The Morgan fingerprint density at radius 2 is 1.79 bits per heavy atom. The average molecular weight is 266 g/mol. The Morgan fingerprint density at radius 3 is 2.68 bits per heavy atom. The predicted molar refractivity (Wildman–Crippen MR) is 87.1 cm³/mol. The highest BCUT2D eigenvalue weighted by molar-refractivity contribution is 7.26. The van der Waals surface area contributed by atoms with Gasteiger partial charge in [-0.05, 0) is 37.3 Å². The van der Waals surface area contributed by atoms with Gasteiger partial charge in [0.1, 0.15) is 0 Å². The zero-order chi connectivity index (χ0) is 13.1. The fraction of sp³-hybridized carbons (Fsp3) is 0.222. The predicted octanol–water partition coefficient (Wildman–Crippen LogP) is 5.95. The maximum absolute atomic E-state index is 3.79. The van der Waals surface area contributed by atoms with Crippen molar-refractivity contribution in [2.45, 2.75) is 25.7 Å². The summed E-state index contributed by atoms with van der Waals surface area (Å²) >= 11 is 1.93. The Morgan fingerprint density at radius 1 is 0.947 bits per heavy atom. The molecule has 3 rings (SSSR count). The van der Waals surface area contributed by atoms with Crippen LogP contribution in [0.25, 0.3) is 20.2 Å². The summed E-state index contributed by atoms with van der Waals surface area (Å²) in [7, 11) is 0. The van der Waals surface area contributed by atoms with E-state index in [1.807, 2.05) is 17.4 Å². The Bertz CT molecular complexity index is 706. The molecule has 1 aromatic heterocycles. The average Bonchev–Trinajstić information content (AvgIpc) is 2.83. The van der Waals surface area contributed by atoms with Crippen LogP contribution in [0.15, 0.2) is 55.1 Å². The van der Waals surface area contributed by atoms with E-state index in [0.29, 0.717) is 0 Å².